The van der Waals surface area contributed by atoms with Gasteiger partial charge in [-0.15, -0.1) is 0 Å². The van der Waals surface area contributed by atoms with Gasteiger partial charge in [-0.1, -0.05) is 6.92 Å². The van der Waals surface area contributed by atoms with E-state index < -0.39 is 0 Å². The number of rotatable bonds is 5. The fraction of sp³-hybridized carbons (Fsp3) is 0.857. The summed E-state index contributed by atoms with van der Waals surface area (Å²) in [5.41, 5.74) is 5.21. The quantitative estimate of drug-likeness (QED) is 0.384. The minimum absolute atomic E-state index is 0.277. The van der Waals surface area contributed by atoms with Crippen LogP contribution in [-0.4, -0.2) is 32.6 Å². The molecule has 0 aliphatic carbocycles. The van der Waals surface area contributed by atoms with E-state index in [4.69, 9.17) is 15.9 Å². The molecule has 0 heterocycles. The van der Waals surface area contributed by atoms with E-state index in [0.29, 0.717) is 18.4 Å². The molecule has 4 N–H and O–H groups in total. The summed E-state index contributed by atoms with van der Waals surface area (Å²) in [6.07, 6.45) is 0. The maximum Gasteiger partial charge on any atom is 0.107 e. The number of methoxy groups -OCH3 is 1. The van der Waals surface area contributed by atoms with Gasteiger partial charge in [-0.3, -0.25) is 5.41 Å². The van der Waals surface area contributed by atoms with Crippen molar-refractivity contribution in [2.24, 2.45) is 11.7 Å². The van der Waals surface area contributed by atoms with Crippen molar-refractivity contribution in [1.82, 2.24) is 5.32 Å². The molecule has 0 aromatic carbocycles. The number of hydrogen-bond acceptors (Lipinski definition) is 3. The Bertz CT molecular complexity index is 116. The summed E-state index contributed by atoms with van der Waals surface area (Å²) >= 11 is 0. The molecule has 0 radical (unpaired) electrons. The fourth-order valence-electron chi connectivity index (χ4n) is 0.713. The Morgan fingerprint density at radius 1 is 1.73 bits per heavy atom. The molecule has 4 heteroatoms. The van der Waals surface area contributed by atoms with Crippen molar-refractivity contribution in [3.63, 3.8) is 0 Å². The van der Waals surface area contributed by atoms with Crippen LogP contribution in [0.3, 0.4) is 0 Å². The van der Waals surface area contributed by atoms with Crippen LogP contribution >= 0.6 is 0 Å². The van der Waals surface area contributed by atoms with Gasteiger partial charge in [0.25, 0.3) is 0 Å². The SMILES string of the molecule is COCC(C)CNC(=N)CN. The van der Waals surface area contributed by atoms with E-state index in [9.17, 15) is 0 Å². The summed E-state index contributed by atoms with van der Waals surface area (Å²) < 4.78 is 4.93. The van der Waals surface area contributed by atoms with E-state index in [1.807, 2.05) is 0 Å². The lowest BCUT2D eigenvalue weighted by molar-refractivity contribution is 0.161. The van der Waals surface area contributed by atoms with Crippen molar-refractivity contribution >= 4 is 5.84 Å². The number of nitrogens with two attached hydrogens (primary N) is 1. The first-order valence-electron chi connectivity index (χ1n) is 3.71. The highest BCUT2D eigenvalue weighted by atomic mass is 16.5. The molecule has 4 nitrogen and oxygen atoms in total. The summed E-state index contributed by atoms with van der Waals surface area (Å²) in [5.74, 6) is 0.805. The van der Waals surface area contributed by atoms with Crippen LogP contribution in [0.15, 0.2) is 0 Å². The minimum Gasteiger partial charge on any atom is -0.384 e. The Kier molecular flexibility index (Phi) is 5.78. The van der Waals surface area contributed by atoms with Crippen molar-refractivity contribution in [3.05, 3.63) is 0 Å². The van der Waals surface area contributed by atoms with Gasteiger partial charge in [-0.05, 0) is 5.92 Å². The fourth-order valence-corrected chi connectivity index (χ4v) is 0.713. The average Bonchev–Trinajstić information content (AvgIpc) is 2.01. The summed E-state index contributed by atoms with van der Waals surface area (Å²) in [6.45, 7) is 3.80. The number of hydrogen-bond donors (Lipinski definition) is 3. The molecule has 0 rings (SSSR count). The van der Waals surface area contributed by atoms with Crippen molar-refractivity contribution in [2.75, 3.05) is 26.8 Å². The van der Waals surface area contributed by atoms with E-state index in [-0.39, 0.29) is 6.54 Å². The first-order chi connectivity index (χ1) is 5.20. The second kappa shape index (κ2) is 6.12. The molecule has 66 valence electrons. The molecule has 0 saturated heterocycles. The Morgan fingerprint density at radius 3 is 2.82 bits per heavy atom. The van der Waals surface area contributed by atoms with Crippen LogP contribution in [0.5, 0.6) is 0 Å². The normalized spacial score (nSPS) is 12.6. The van der Waals surface area contributed by atoms with Gasteiger partial charge in [0.05, 0.1) is 13.2 Å². The monoisotopic (exact) mass is 159 g/mol. The number of nitrogens with one attached hydrogen (secondary N) is 2. The van der Waals surface area contributed by atoms with Gasteiger partial charge < -0.3 is 15.8 Å². The number of amidine groups is 1. The Labute approximate surface area is 67.6 Å². The second-order valence-electron chi connectivity index (χ2n) is 2.62. The lowest BCUT2D eigenvalue weighted by Gasteiger charge is -2.11. The van der Waals surface area contributed by atoms with Gasteiger partial charge in [0.1, 0.15) is 5.84 Å². The Balaban J connectivity index is 3.29. The predicted octanol–water partition coefficient (Wildman–Crippen LogP) is -0.206. The van der Waals surface area contributed by atoms with E-state index in [0.717, 1.165) is 6.54 Å². The van der Waals surface area contributed by atoms with Gasteiger partial charge >= 0.3 is 0 Å². The molecule has 0 amide bonds. The highest BCUT2D eigenvalue weighted by Gasteiger charge is 2.00. The molecule has 1 atom stereocenters. The maximum atomic E-state index is 7.19. The zero-order valence-corrected chi connectivity index (χ0v) is 7.18. The van der Waals surface area contributed by atoms with Crippen molar-refractivity contribution in [1.29, 1.82) is 5.41 Å². The van der Waals surface area contributed by atoms with Gasteiger partial charge in [-0.2, -0.15) is 0 Å². The predicted molar refractivity (Wildman–Crippen MR) is 45.8 cm³/mol. The topological polar surface area (TPSA) is 71.1 Å². The third-order valence-corrected chi connectivity index (χ3v) is 1.32. The third kappa shape index (κ3) is 5.82. The molecule has 0 aliphatic heterocycles. The maximum absolute atomic E-state index is 7.19. The molecule has 0 aromatic heterocycles. The van der Waals surface area contributed by atoms with Crippen molar-refractivity contribution in [2.45, 2.75) is 6.92 Å². The van der Waals surface area contributed by atoms with Crippen LogP contribution in [0.25, 0.3) is 0 Å². The second-order valence-corrected chi connectivity index (χ2v) is 2.62. The lowest BCUT2D eigenvalue weighted by atomic mass is 10.2. The molecule has 1 unspecified atom stereocenters. The highest BCUT2D eigenvalue weighted by Crippen LogP contribution is 1.91. The van der Waals surface area contributed by atoms with Crippen LogP contribution < -0.4 is 11.1 Å². The van der Waals surface area contributed by atoms with Crippen LogP contribution in [0, 0.1) is 11.3 Å². The molecule has 0 aliphatic rings. The number of ether oxygens (including phenoxy) is 1. The molecule has 0 bridgehead atoms. The first-order valence-corrected chi connectivity index (χ1v) is 3.71. The minimum atomic E-state index is 0.277. The highest BCUT2D eigenvalue weighted by molar-refractivity contribution is 5.80. The molecule has 0 spiro atoms. The van der Waals surface area contributed by atoms with Crippen molar-refractivity contribution < 1.29 is 4.74 Å². The standard InChI is InChI=1S/C7H17N3O/c1-6(5-11-2)4-10-7(9)3-8/h6H,3-5,8H2,1-2H3,(H2,9,10). The Morgan fingerprint density at radius 2 is 2.36 bits per heavy atom. The summed E-state index contributed by atoms with van der Waals surface area (Å²) in [4.78, 5) is 0. The summed E-state index contributed by atoms with van der Waals surface area (Å²) in [6, 6.07) is 0. The van der Waals surface area contributed by atoms with Crippen LogP contribution in [0.1, 0.15) is 6.92 Å². The van der Waals surface area contributed by atoms with Crippen molar-refractivity contribution in [3.8, 4) is 0 Å². The van der Waals surface area contributed by atoms with Crippen LogP contribution in [0.4, 0.5) is 0 Å². The molecule has 0 saturated carbocycles. The van der Waals surface area contributed by atoms with Gasteiger partial charge in [0, 0.05) is 13.7 Å². The average molecular weight is 159 g/mol. The van der Waals surface area contributed by atoms with E-state index in [1.165, 1.54) is 0 Å². The molecule has 0 aromatic rings. The zero-order valence-electron chi connectivity index (χ0n) is 7.18. The van der Waals surface area contributed by atoms with E-state index in [2.05, 4.69) is 12.2 Å². The molecular weight excluding hydrogens is 142 g/mol. The first kappa shape index (κ1) is 10.4. The third-order valence-electron chi connectivity index (χ3n) is 1.32. The van der Waals surface area contributed by atoms with Gasteiger partial charge in [0.15, 0.2) is 0 Å². The zero-order chi connectivity index (χ0) is 8.69. The van der Waals surface area contributed by atoms with Crippen LogP contribution in [-0.2, 0) is 4.74 Å². The summed E-state index contributed by atoms with van der Waals surface area (Å²) in [7, 11) is 1.67. The molecular formula is C7H17N3O. The van der Waals surface area contributed by atoms with E-state index in [1.54, 1.807) is 7.11 Å². The van der Waals surface area contributed by atoms with E-state index >= 15 is 0 Å². The Hall–Kier alpha value is -0.610. The van der Waals surface area contributed by atoms with Gasteiger partial charge in [0.2, 0.25) is 0 Å². The van der Waals surface area contributed by atoms with Crippen LogP contribution in [0.2, 0.25) is 0 Å². The molecule has 0 fully saturated rings. The smallest absolute Gasteiger partial charge is 0.107 e. The lowest BCUT2D eigenvalue weighted by Crippen LogP contribution is -2.33. The largest absolute Gasteiger partial charge is 0.384 e. The molecule has 11 heavy (non-hydrogen) atoms. The van der Waals surface area contributed by atoms with Gasteiger partial charge in [-0.25, -0.2) is 0 Å². The summed E-state index contributed by atoms with van der Waals surface area (Å²) in [5, 5.41) is 10.1.